The zero-order chi connectivity index (χ0) is 20.5. The highest BCUT2D eigenvalue weighted by atomic mass is 16.6. The van der Waals surface area contributed by atoms with Crippen molar-refractivity contribution in [2.75, 3.05) is 20.2 Å². The molecule has 5 nitrogen and oxygen atoms in total. The fourth-order valence-corrected chi connectivity index (χ4v) is 8.87. The van der Waals surface area contributed by atoms with Crippen LogP contribution in [0.3, 0.4) is 0 Å². The lowest BCUT2D eigenvalue weighted by Crippen LogP contribution is -2.81. The van der Waals surface area contributed by atoms with E-state index in [-0.39, 0.29) is 34.4 Å². The maximum absolute atomic E-state index is 12.9. The highest BCUT2D eigenvalue weighted by molar-refractivity contribution is 5.81. The molecular weight excluding hydrogens is 378 g/mol. The third-order valence-corrected chi connectivity index (χ3v) is 10.2. The number of piperidine rings is 1. The number of rotatable bonds is 4. The average Bonchev–Trinajstić information content (AvgIpc) is 3.48. The number of fused-ring (bicyclic) bond motifs is 2. The number of methoxy groups -OCH3 is 1. The third-order valence-electron chi connectivity index (χ3n) is 10.2. The van der Waals surface area contributed by atoms with Gasteiger partial charge in [-0.15, -0.1) is 0 Å². The van der Waals surface area contributed by atoms with Crippen molar-refractivity contribution >= 4 is 5.78 Å². The van der Waals surface area contributed by atoms with Crippen LogP contribution in [0.1, 0.15) is 56.6 Å². The fraction of sp³-hybridized carbons (Fsp3) is 0.720. The molecule has 0 radical (unpaired) electrons. The number of carbonyl (C=O) groups excluding carboxylic acids is 1. The van der Waals surface area contributed by atoms with E-state index in [1.54, 1.807) is 14.0 Å². The van der Waals surface area contributed by atoms with E-state index < -0.39 is 5.60 Å². The summed E-state index contributed by atoms with van der Waals surface area (Å²) in [4.78, 5) is 15.7. The first kappa shape index (κ1) is 18.0. The van der Waals surface area contributed by atoms with Gasteiger partial charge in [-0.25, -0.2) is 0 Å². The first-order valence-electron chi connectivity index (χ1n) is 11.8. The van der Waals surface area contributed by atoms with Crippen molar-refractivity contribution in [3.05, 3.63) is 23.3 Å². The van der Waals surface area contributed by atoms with Crippen molar-refractivity contribution in [1.82, 2.24) is 4.90 Å². The molecule has 4 bridgehead atoms. The number of Topliss-reactive ketones (excluding diaryl/α,β-unsaturated/α-hetero) is 1. The largest absolute Gasteiger partial charge is 0.504 e. The van der Waals surface area contributed by atoms with Crippen LogP contribution in [0.2, 0.25) is 0 Å². The molecule has 0 amide bonds. The number of likely N-dealkylation sites (tertiary alicyclic amines) is 1. The summed E-state index contributed by atoms with van der Waals surface area (Å²) in [5, 5.41) is 10.8. The van der Waals surface area contributed by atoms with Gasteiger partial charge in [0.2, 0.25) is 0 Å². The van der Waals surface area contributed by atoms with Crippen LogP contribution in [-0.4, -0.2) is 53.7 Å². The maximum atomic E-state index is 12.9. The predicted molar refractivity (Wildman–Crippen MR) is 111 cm³/mol. The molecular formula is C25H31NO4. The SMILES string of the molecule is CO[C@]12CC[C@@]3(CC1C(C)=O)[C@H]1Cc4ccc(O)c5c4[C@@]3(CCN1CC1CC1)[C@H]2O5. The van der Waals surface area contributed by atoms with E-state index in [1.165, 1.54) is 30.5 Å². The number of nitrogens with zero attached hydrogens (tertiary/aromatic N) is 1. The molecule has 2 aliphatic heterocycles. The Bertz CT molecular complexity index is 972. The Labute approximate surface area is 177 Å². The Hall–Kier alpha value is -1.59. The molecule has 1 saturated heterocycles. The summed E-state index contributed by atoms with van der Waals surface area (Å²) in [6.45, 7) is 4.03. The number of hydrogen-bond donors (Lipinski definition) is 1. The van der Waals surface area contributed by atoms with E-state index in [4.69, 9.17) is 9.47 Å². The highest BCUT2D eigenvalue weighted by Gasteiger charge is 2.81. The molecule has 1 aromatic rings. The van der Waals surface area contributed by atoms with Gasteiger partial charge in [0.15, 0.2) is 11.5 Å². The van der Waals surface area contributed by atoms with E-state index in [0.717, 1.165) is 44.6 Å². The lowest BCUT2D eigenvalue weighted by Gasteiger charge is -2.73. The highest BCUT2D eigenvalue weighted by Crippen LogP contribution is 2.76. The van der Waals surface area contributed by atoms with E-state index in [9.17, 15) is 9.90 Å². The maximum Gasteiger partial charge on any atom is 0.165 e. The lowest BCUT2D eigenvalue weighted by atomic mass is 9.34. The number of ether oxygens (including phenoxy) is 2. The number of ketones is 1. The van der Waals surface area contributed by atoms with Gasteiger partial charge in [0, 0.05) is 36.1 Å². The van der Waals surface area contributed by atoms with Crippen molar-refractivity contribution < 1.29 is 19.4 Å². The molecule has 2 spiro atoms. The summed E-state index contributed by atoms with van der Waals surface area (Å²) in [6.07, 6.45) is 7.46. The van der Waals surface area contributed by atoms with Crippen LogP contribution in [0.25, 0.3) is 0 Å². The molecule has 5 heteroatoms. The number of hydrogen-bond acceptors (Lipinski definition) is 5. The van der Waals surface area contributed by atoms with Crippen LogP contribution in [0.15, 0.2) is 12.1 Å². The minimum Gasteiger partial charge on any atom is -0.504 e. The van der Waals surface area contributed by atoms with Gasteiger partial charge in [-0.05, 0) is 76.0 Å². The van der Waals surface area contributed by atoms with Crippen molar-refractivity contribution in [3.8, 4) is 11.5 Å². The minimum absolute atomic E-state index is 0.0352. The van der Waals surface area contributed by atoms with Gasteiger partial charge < -0.3 is 14.6 Å². The second kappa shape index (κ2) is 5.42. The molecule has 5 aliphatic carbocycles. The van der Waals surface area contributed by atoms with Gasteiger partial charge in [0.05, 0.1) is 5.92 Å². The third kappa shape index (κ3) is 1.76. The number of carbonyl (C=O) groups is 1. The van der Waals surface area contributed by atoms with Crippen LogP contribution >= 0.6 is 0 Å². The molecule has 2 heterocycles. The Morgan fingerprint density at radius 3 is 2.87 bits per heavy atom. The summed E-state index contributed by atoms with van der Waals surface area (Å²) in [6, 6.07) is 4.40. The van der Waals surface area contributed by atoms with Gasteiger partial charge in [-0.1, -0.05) is 6.07 Å². The normalized spacial score (nSPS) is 45.2. The summed E-state index contributed by atoms with van der Waals surface area (Å²) in [5.74, 6) is 1.89. The molecule has 160 valence electrons. The zero-order valence-corrected chi connectivity index (χ0v) is 17.9. The molecule has 30 heavy (non-hydrogen) atoms. The second-order valence-electron chi connectivity index (χ2n) is 11.0. The van der Waals surface area contributed by atoms with Crippen molar-refractivity contribution in [2.45, 2.75) is 75.0 Å². The van der Waals surface area contributed by atoms with Gasteiger partial charge in [0.1, 0.15) is 17.5 Å². The molecule has 6 atom stereocenters. The van der Waals surface area contributed by atoms with Crippen LogP contribution in [0.4, 0.5) is 0 Å². The van der Waals surface area contributed by atoms with Crippen LogP contribution in [0, 0.1) is 17.3 Å². The van der Waals surface area contributed by atoms with Gasteiger partial charge in [-0.3, -0.25) is 9.69 Å². The number of phenols is 1. The quantitative estimate of drug-likeness (QED) is 0.828. The Balaban J connectivity index is 1.49. The van der Waals surface area contributed by atoms with E-state index >= 15 is 0 Å². The van der Waals surface area contributed by atoms with Gasteiger partial charge in [0.25, 0.3) is 0 Å². The molecule has 5 fully saturated rings. The number of aromatic hydroxyl groups is 1. The summed E-state index contributed by atoms with van der Waals surface area (Å²) in [5.41, 5.74) is 1.92. The van der Waals surface area contributed by atoms with E-state index in [1.807, 2.05) is 6.07 Å². The monoisotopic (exact) mass is 409 g/mol. The van der Waals surface area contributed by atoms with Crippen LogP contribution in [-0.2, 0) is 21.4 Å². The Morgan fingerprint density at radius 1 is 1.30 bits per heavy atom. The molecule has 0 aromatic heterocycles. The summed E-state index contributed by atoms with van der Waals surface area (Å²) < 4.78 is 13.0. The standard InChI is InChI=1S/C25H31NO4/c1-14(27)17-12-23-7-8-25(17,29-2)22-24(23)9-10-26(13-15-3-4-15)19(23)11-16-5-6-18(28)21(30-22)20(16)24/h5-6,15,17,19,22,28H,3-4,7-13H2,1-2H3/t17?,19-,22-,23-,24+,25-/m1/s1. The summed E-state index contributed by atoms with van der Waals surface area (Å²) in [7, 11) is 1.76. The predicted octanol–water partition coefficient (Wildman–Crippen LogP) is 3.21. The zero-order valence-electron chi connectivity index (χ0n) is 17.9. The van der Waals surface area contributed by atoms with E-state index in [0.29, 0.717) is 11.8 Å². The van der Waals surface area contributed by atoms with E-state index in [2.05, 4.69) is 11.0 Å². The molecule has 7 aliphatic rings. The Morgan fingerprint density at radius 2 is 2.13 bits per heavy atom. The van der Waals surface area contributed by atoms with Crippen LogP contribution < -0.4 is 4.74 Å². The Kier molecular flexibility index (Phi) is 3.25. The average molecular weight is 410 g/mol. The topological polar surface area (TPSA) is 59.0 Å². The number of phenolic OH excluding ortho intramolecular Hbond substituents is 1. The fourth-order valence-electron chi connectivity index (χ4n) is 8.87. The van der Waals surface area contributed by atoms with Crippen LogP contribution in [0.5, 0.6) is 11.5 Å². The van der Waals surface area contributed by atoms with Gasteiger partial charge >= 0.3 is 0 Å². The molecule has 1 aromatic carbocycles. The first-order valence-corrected chi connectivity index (χ1v) is 11.8. The van der Waals surface area contributed by atoms with Crippen molar-refractivity contribution in [3.63, 3.8) is 0 Å². The number of benzene rings is 1. The van der Waals surface area contributed by atoms with Crippen molar-refractivity contribution in [1.29, 1.82) is 0 Å². The second-order valence-corrected chi connectivity index (χ2v) is 11.0. The minimum atomic E-state index is -0.586. The van der Waals surface area contributed by atoms with Gasteiger partial charge in [-0.2, -0.15) is 0 Å². The molecule has 1 N–H and O–H groups in total. The molecule has 8 rings (SSSR count). The molecule has 1 unspecified atom stereocenters. The first-order chi connectivity index (χ1) is 14.5. The summed E-state index contributed by atoms with van der Waals surface area (Å²) >= 11 is 0. The lowest BCUT2D eigenvalue weighted by molar-refractivity contribution is -0.271. The molecule has 4 saturated carbocycles. The van der Waals surface area contributed by atoms with Crippen molar-refractivity contribution in [2.24, 2.45) is 17.3 Å². The smallest absolute Gasteiger partial charge is 0.165 e.